The molecular formula is C20H30. The third kappa shape index (κ3) is 1.27. The smallest absolute Gasteiger partial charge is 0.0326 e. The number of hydrogen-bond donors (Lipinski definition) is 0. The molecule has 0 aromatic rings. The molecule has 6 aliphatic carbocycles. The van der Waals surface area contributed by atoms with Crippen molar-refractivity contribution in [1.29, 1.82) is 0 Å². The topological polar surface area (TPSA) is 0 Å². The standard InChI is InChI=1S/C20H30/c1-3-13-9-17(15-7-5-11(1)19(13)15)18-10-14-4-2-12-6-8-16(18)20(12)14/h11-20H,1-10H2/t11-,12+,13+,14-,15+,16-,17-,18-,19+,20+/m0/s1. The normalized spacial score (nSPS) is 66.0. The Kier molecular flexibility index (Phi) is 2.22. The summed E-state index contributed by atoms with van der Waals surface area (Å²) in [6.07, 6.45) is 16.3. The van der Waals surface area contributed by atoms with Crippen LogP contribution in [0.1, 0.15) is 64.2 Å². The van der Waals surface area contributed by atoms with Crippen LogP contribution in [0.2, 0.25) is 0 Å². The lowest BCUT2D eigenvalue weighted by atomic mass is 9.75. The van der Waals surface area contributed by atoms with E-state index in [0.717, 1.165) is 0 Å². The van der Waals surface area contributed by atoms with Gasteiger partial charge in [-0.05, 0) is 123 Å². The summed E-state index contributed by atoms with van der Waals surface area (Å²) >= 11 is 0. The van der Waals surface area contributed by atoms with Crippen molar-refractivity contribution >= 4 is 0 Å². The van der Waals surface area contributed by atoms with Crippen LogP contribution in [0, 0.1) is 59.2 Å². The maximum absolute atomic E-state index is 1.68. The molecule has 0 amide bonds. The van der Waals surface area contributed by atoms with Gasteiger partial charge >= 0.3 is 0 Å². The van der Waals surface area contributed by atoms with Gasteiger partial charge in [0.05, 0.1) is 0 Å². The molecule has 20 heavy (non-hydrogen) atoms. The summed E-state index contributed by atoms with van der Waals surface area (Å²) < 4.78 is 0. The van der Waals surface area contributed by atoms with Crippen molar-refractivity contribution in [2.75, 3.05) is 0 Å². The van der Waals surface area contributed by atoms with Crippen molar-refractivity contribution in [2.24, 2.45) is 59.2 Å². The number of rotatable bonds is 1. The first-order valence-corrected chi connectivity index (χ1v) is 9.90. The van der Waals surface area contributed by atoms with E-state index in [9.17, 15) is 0 Å². The van der Waals surface area contributed by atoms with Crippen molar-refractivity contribution in [2.45, 2.75) is 64.2 Å². The highest BCUT2D eigenvalue weighted by Crippen LogP contribution is 2.68. The molecule has 0 saturated heterocycles. The van der Waals surface area contributed by atoms with E-state index in [0.29, 0.717) is 0 Å². The highest BCUT2D eigenvalue weighted by Gasteiger charge is 2.60. The predicted octanol–water partition coefficient (Wildman–Crippen LogP) is 5.13. The molecule has 0 aliphatic heterocycles. The van der Waals surface area contributed by atoms with Gasteiger partial charge in [0.2, 0.25) is 0 Å². The SMILES string of the molecule is C1C[C@@H]2C[C@H]([C@H]3C[C@@H]4CC[C@@H]5CC[C@@H]3[C@H]54)[C@H]3CC[C@H]1[C@H]23. The molecule has 0 heteroatoms. The molecule has 0 spiro atoms. The van der Waals surface area contributed by atoms with Gasteiger partial charge in [-0.2, -0.15) is 0 Å². The van der Waals surface area contributed by atoms with Gasteiger partial charge in [0.25, 0.3) is 0 Å². The van der Waals surface area contributed by atoms with Gasteiger partial charge in [0.1, 0.15) is 0 Å². The zero-order valence-corrected chi connectivity index (χ0v) is 12.8. The lowest BCUT2D eigenvalue weighted by Gasteiger charge is -2.30. The molecule has 6 saturated carbocycles. The Balaban J connectivity index is 1.31. The van der Waals surface area contributed by atoms with Crippen LogP contribution >= 0.6 is 0 Å². The van der Waals surface area contributed by atoms with Crippen LogP contribution in [0.25, 0.3) is 0 Å². The van der Waals surface area contributed by atoms with E-state index in [1.807, 2.05) is 0 Å². The van der Waals surface area contributed by atoms with Crippen molar-refractivity contribution < 1.29 is 0 Å². The molecule has 10 atom stereocenters. The first kappa shape index (κ1) is 11.6. The van der Waals surface area contributed by atoms with Gasteiger partial charge in [-0.1, -0.05) is 0 Å². The maximum Gasteiger partial charge on any atom is -0.0326 e. The molecule has 6 rings (SSSR count). The van der Waals surface area contributed by atoms with E-state index in [-0.39, 0.29) is 0 Å². The van der Waals surface area contributed by atoms with Gasteiger partial charge in [-0.25, -0.2) is 0 Å². The molecule has 0 N–H and O–H groups in total. The maximum atomic E-state index is 1.68. The lowest BCUT2D eigenvalue weighted by Crippen LogP contribution is -2.24. The lowest BCUT2D eigenvalue weighted by molar-refractivity contribution is 0.182. The van der Waals surface area contributed by atoms with Crippen molar-refractivity contribution in [3.8, 4) is 0 Å². The molecule has 0 radical (unpaired) electrons. The molecule has 0 bridgehead atoms. The summed E-state index contributed by atoms with van der Waals surface area (Å²) in [5, 5.41) is 0. The van der Waals surface area contributed by atoms with Crippen LogP contribution < -0.4 is 0 Å². The minimum Gasteiger partial charge on any atom is -0.0499 e. The molecule has 0 nitrogen and oxygen atoms in total. The summed E-state index contributed by atoms with van der Waals surface area (Å²) in [6.45, 7) is 0. The summed E-state index contributed by atoms with van der Waals surface area (Å²) in [7, 11) is 0. The Morgan fingerprint density at radius 2 is 0.750 bits per heavy atom. The molecule has 110 valence electrons. The summed E-state index contributed by atoms with van der Waals surface area (Å²) in [4.78, 5) is 0. The Hall–Kier alpha value is 0. The molecule has 0 aromatic heterocycles. The summed E-state index contributed by atoms with van der Waals surface area (Å²) in [6, 6.07) is 0. The molecule has 0 aromatic carbocycles. The monoisotopic (exact) mass is 270 g/mol. The third-order valence-electron chi connectivity index (χ3n) is 9.52. The molecular weight excluding hydrogens is 240 g/mol. The van der Waals surface area contributed by atoms with Crippen LogP contribution in [0.3, 0.4) is 0 Å². The van der Waals surface area contributed by atoms with Crippen LogP contribution in [0.5, 0.6) is 0 Å². The van der Waals surface area contributed by atoms with Crippen LogP contribution in [0.4, 0.5) is 0 Å². The van der Waals surface area contributed by atoms with Crippen LogP contribution in [-0.4, -0.2) is 0 Å². The summed E-state index contributed by atoms with van der Waals surface area (Å²) in [5.41, 5.74) is 0. The highest BCUT2D eigenvalue weighted by molar-refractivity contribution is 5.09. The van der Waals surface area contributed by atoms with E-state index in [4.69, 9.17) is 0 Å². The molecule has 0 heterocycles. The molecule has 6 fully saturated rings. The van der Waals surface area contributed by atoms with E-state index < -0.39 is 0 Å². The Morgan fingerprint density at radius 3 is 1.25 bits per heavy atom. The quantitative estimate of drug-likeness (QED) is 0.619. The minimum absolute atomic E-state index is 1.19. The minimum atomic E-state index is 1.19. The summed E-state index contributed by atoms with van der Waals surface area (Å²) in [5.74, 6) is 12.0. The highest BCUT2D eigenvalue weighted by atomic mass is 14.7. The number of hydrogen-bond acceptors (Lipinski definition) is 0. The van der Waals surface area contributed by atoms with Crippen molar-refractivity contribution in [1.82, 2.24) is 0 Å². The van der Waals surface area contributed by atoms with Crippen LogP contribution in [0.15, 0.2) is 0 Å². The largest absolute Gasteiger partial charge is 0.0499 e. The first-order chi connectivity index (χ1) is 9.90. The Labute approximate surface area is 124 Å². The second-order valence-corrected chi connectivity index (χ2v) is 9.63. The first-order valence-electron chi connectivity index (χ1n) is 9.90. The fourth-order valence-electron chi connectivity index (χ4n) is 9.25. The van der Waals surface area contributed by atoms with E-state index in [2.05, 4.69) is 0 Å². The van der Waals surface area contributed by atoms with Gasteiger partial charge in [0, 0.05) is 0 Å². The average Bonchev–Trinajstić information content (AvgIpc) is 3.18. The Morgan fingerprint density at radius 1 is 0.350 bits per heavy atom. The van der Waals surface area contributed by atoms with Crippen molar-refractivity contribution in [3.05, 3.63) is 0 Å². The zero-order valence-electron chi connectivity index (χ0n) is 12.8. The van der Waals surface area contributed by atoms with E-state index in [1.54, 1.807) is 64.2 Å². The van der Waals surface area contributed by atoms with E-state index >= 15 is 0 Å². The second kappa shape index (κ2) is 3.85. The van der Waals surface area contributed by atoms with Crippen LogP contribution in [-0.2, 0) is 0 Å². The second-order valence-electron chi connectivity index (χ2n) is 9.63. The average molecular weight is 270 g/mol. The molecule has 0 unspecified atom stereocenters. The van der Waals surface area contributed by atoms with Crippen molar-refractivity contribution in [3.63, 3.8) is 0 Å². The third-order valence-corrected chi connectivity index (χ3v) is 9.52. The fraction of sp³-hybridized carbons (Fsp3) is 1.00. The van der Waals surface area contributed by atoms with Gasteiger partial charge in [-0.3, -0.25) is 0 Å². The predicted molar refractivity (Wildman–Crippen MR) is 81.1 cm³/mol. The fourth-order valence-corrected chi connectivity index (χ4v) is 9.25. The zero-order chi connectivity index (χ0) is 12.8. The van der Waals surface area contributed by atoms with E-state index in [1.165, 1.54) is 59.2 Å². The van der Waals surface area contributed by atoms with Gasteiger partial charge in [0.15, 0.2) is 0 Å². The Bertz CT molecular complexity index is 386. The van der Waals surface area contributed by atoms with Gasteiger partial charge in [-0.15, -0.1) is 0 Å². The molecule has 6 aliphatic rings. The van der Waals surface area contributed by atoms with Gasteiger partial charge < -0.3 is 0 Å².